The molecule has 106 valence electrons. The molecule has 0 amide bonds. The van der Waals surface area contributed by atoms with E-state index in [4.69, 9.17) is 10.5 Å². The predicted molar refractivity (Wildman–Crippen MR) is 82.0 cm³/mol. The summed E-state index contributed by atoms with van der Waals surface area (Å²) in [5, 5.41) is 0. The molecule has 19 heavy (non-hydrogen) atoms. The SMILES string of the molecule is CN(Cc1ccccc1Br)CC1(CN)CCOCC1. The third kappa shape index (κ3) is 4.02. The summed E-state index contributed by atoms with van der Waals surface area (Å²) in [5.41, 5.74) is 7.57. The van der Waals surface area contributed by atoms with Crippen LogP contribution in [-0.2, 0) is 11.3 Å². The maximum atomic E-state index is 6.02. The molecule has 1 fully saturated rings. The third-order valence-corrected chi connectivity index (χ3v) is 4.76. The number of hydrogen-bond donors (Lipinski definition) is 1. The van der Waals surface area contributed by atoms with Gasteiger partial charge >= 0.3 is 0 Å². The van der Waals surface area contributed by atoms with Crippen molar-refractivity contribution in [3.63, 3.8) is 0 Å². The summed E-state index contributed by atoms with van der Waals surface area (Å²) in [6.07, 6.45) is 2.15. The van der Waals surface area contributed by atoms with Crippen LogP contribution in [0.2, 0.25) is 0 Å². The first-order valence-corrected chi connectivity index (χ1v) is 7.64. The lowest BCUT2D eigenvalue weighted by atomic mass is 9.80. The maximum Gasteiger partial charge on any atom is 0.0472 e. The fourth-order valence-electron chi connectivity index (χ4n) is 2.78. The lowest BCUT2D eigenvalue weighted by Crippen LogP contribution is -2.44. The molecule has 1 saturated heterocycles. The summed E-state index contributed by atoms with van der Waals surface area (Å²) in [5.74, 6) is 0. The summed E-state index contributed by atoms with van der Waals surface area (Å²) in [6, 6.07) is 8.39. The van der Waals surface area contributed by atoms with Gasteiger partial charge in [0.2, 0.25) is 0 Å². The van der Waals surface area contributed by atoms with Gasteiger partial charge in [-0.1, -0.05) is 34.1 Å². The van der Waals surface area contributed by atoms with Crippen molar-refractivity contribution in [2.75, 3.05) is 33.4 Å². The fraction of sp³-hybridized carbons (Fsp3) is 0.600. The van der Waals surface area contributed by atoms with E-state index in [2.05, 4.69) is 46.1 Å². The van der Waals surface area contributed by atoms with E-state index in [9.17, 15) is 0 Å². The highest BCUT2D eigenvalue weighted by atomic mass is 79.9. The van der Waals surface area contributed by atoms with Crippen LogP contribution in [0.4, 0.5) is 0 Å². The minimum Gasteiger partial charge on any atom is -0.381 e. The van der Waals surface area contributed by atoms with Crippen LogP contribution in [0.15, 0.2) is 28.7 Å². The molecule has 0 bridgehead atoms. The van der Waals surface area contributed by atoms with Crippen molar-refractivity contribution in [1.82, 2.24) is 4.90 Å². The molecule has 0 radical (unpaired) electrons. The van der Waals surface area contributed by atoms with Gasteiger partial charge in [0.25, 0.3) is 0 Å². The Morgan fingerprint density at radius 3 is 2.63 bits per heavy atom. The van der Waals surface area contributed by atoms with E-state index in [1.807, 2.05) is 6.07 Å². The zero-order valence-corrected chi connectivity index (χ0v) is 13.2. The van der Waals surface area contributed by atoms with Gasteiger partial charge in [-0.15, -0.1) is 0 Å². The molecular formula is C15H23BrN2O. The Morgan fingerprint density at radius 2 is 2.00 bits per heavy atom. The second-order valence-electron chi connectivity index (χ2n) is 5.58. The lowest BCUT2D eigenvalue weighted by Gasteiger charge is -2.39. The van der Waals surface area contributed by atoms with Gasteiger partial charge in [-0.05, 0) is 43.5 Å². The molecular weight excluding hydrogens is 304 g/mol. The van der Waals surface area contributed by atoms with Gasteiger partial charge in [0, 0.05) is 30.8 Å². The van der Waals surface area contributed by atoms with E-state index in [0.717, 1.165) is 45.7 Å². The number of ether oxygens (including phenoxy) is 1. The highest BCUT2D eigenvalue weighted by Crippen LogP contribution is 2.30. The summed E-state index contributed by atoms with van der Waals surface area (Å²) < 4.78 is 6.64. The van der Waals surface area contributed by atoms with Crippen molar-refractivity contribution in [3.8, 4) is 0 Å². The average molecular weight is 327 g/mol. The minimum atomic E-state index is 0.230. The topological polar surface area (TPSA) is 38.5 Å². The number of benzene rings is 1. The Morgan fingerprint density at radius 1 is 1.32 bits per heavy atom. The van der Waals surface area contributed by atoms with Gasteiger partial charge in [-0.25, -0.2) is 0 Å². The van der Waals surface area contributed by atoms with E-state index in [-0.39, 0.29) is 5.41 Å². The first kappa shape index (κ1) is 15.0. The molecule has 0 unspecified atom stereocenters. The van der Waals surface area contributed by atoms with Crippen LogP contribution in [0.5, 0.6) is 0 Å². The zero-order chi connectivity index (χ0) is 13.7. The standard InChI is InChI=1S/C15H23BrN2O/c1-18(10-13-4-2-3-5-14(13)16)12-15(11-17)6-8-19-9-7-15/h2-5H,6-12,17H2,1H3. The number of nitrogens with zero attached hydrogens (tertiary/aromatic N) is 1. The lowest BCUT2D eigenvalue weighted by molar-refractivity contribution is 0.00265. The van der Waals surface area contributed by atoms with E-state index in [1.165, 1.54) is 10.0 Å². The van der Waals surface area contributed by atoms with Crippen LogP contribution < -0.4 is 5.73 Å². The molecule has 0 aliphatic carbocycles. The van der Waals surface area contributed by atoms with Crippen molar-refractivity contribution in [3.05, 3.63) is 34.3 Å². The van der Waals surface area contributed by atoms with E-state index in [0.29, 0.717) is 0 Å². The van der Waals surface area contributed by atoms with Crippen LogP contribution in [-0.4, -0.2) is 38.3 Å². The Labute approximate surface area is 124 Å². The molecule has 1 heterocycles. The second kappa shape index (κ2) is 6.84. The monoisotopic (exact) mass is 326 g/mol. The zero-order valence-electron chi connectivity index (χ0n) is 11.6. The van der Waals surface area contributed by atoms with E-state index >= 15 is 0 Å². The van der Waals surface area contributed by atoms with Crippen molar-refractivity contribution in [2.24, 2.45) is 11.1 Å². The predicted octanol–water partition coefficient (Wildman–Crippen LogP) is 2.64. The minimum absolute atomic E-state index is 0.230. The molecule has 3 nitrogen and oxygen atoms in total. The number of halogens is 1. The molecule has 2 N–H and O–H groups in total. The van der Waals surface area contributed by atoms with Gasteiger partial charge in [0.15, 0.2) is 0 Å². The van der Waals surface area contributed by atoms with Crippen molar-refractivity contribution in [2.45, 2.75) is 19.4 Å². The normalized spacial score (nSPS) is 18.7. The molecule has 0 spiro atoms. The first-order valence-electron chi connectivity index (χ1n) is 6.85. The van der Waals surface area contributed by atoms with Crippen LogP contribution >= 0.6 is 15.9 Å². The van der Waals surface area contributed by atoms with Crippen molar-refractivity contribution < 1.29 is 4.74 Å². The molecule has 1 aromatic rings. The molecule has 1 aromatic carbocycles. The Balaban J connectivity index is 1.96. The van der Waals surface area contributed by atoms with Gasteiger partial charge in [-0.3, -0.25) is 0 Å². The quantitative estimate of drug-likeness (QED) is 0.904. The molecule has 4 heteroatoms. The van der Waals surface area contributed by atoms with Crippen LogP contribution in [0.3, 0.4) is 0 Å². The Bertz CT molecular complexity index is 405. The Hall–Kier alpha value is -0.420. The highest BCUT2D eigenvalue weighted by Gasteiger charge is 2.32. The van der Waals surface area contributed by atoms with Crippen molar-refractivity contribution >= 4 is 15.9 Å². The molecule has 2 rings (SSSR count). The molecule has 0 aromatic heterocycles. The third-order valence-electron chi connectivity index (χ3n) is 3.99. The summed E-state index contributed by atoms with van der Waals surface area (Å²) >= 11 is 3.61. The number of rotatable bonds is 5. The van der Waals surface area contributed by atoms with Crippen molar-refractivity contribution in [1.29, 1.82) is 0 Å². The molecule has 1 aliphatic heterocycles. The number of hydrogen-bond acceptors (Lipinski definition) is 3. The van der Waals surface area contributed by atoms with E-state index < -0.39 is 0 Å². The Kier molecular flexibility index (Phi) is 5.39. The van der Waals surface area contributed by atoms with Crippen LogP contribution in [0.25, 0.3) is 0 Å². The first-order chi connectivity index (χ1) is 9.15. The smallest absolute Gasteiger partial charge is 0.0472 e. The maximum absolute atomic E-state index is 6.02. The summed E-state index contributed by atoms with van der Waals surface area (Å²) in [4.78, 5) is 2.37. The van der Waals surface area contributed by atoms with Crippen LogP contribution in [0.1, 0.15) is 18.4 Å². The van der Waals surface area contributed by atoms with Gasteiger partial charge in [0.1, 0.15) is 0 Å². The van der Waals surface area contributed by atoms with Gasteiger partial charge in [-0.2, -0.15) is 0 Å². The largest absolute Gasteiger partial charge is 0.381 e. The highest BCUT2D eigenvalue weighted by molar-refractivity contribution is 9.10. The summed E-state index contributed by atoms with van der Waals surface area (Å²) in [6.45, 7) is 4.43. The average Bonchev–Trinajstić information content (AvgIpc) is 2.42. The summed E-state index contributed by atoms with van der Waals surface area (Å²) in [7, 11) is 2.17. The molecule has 1 aliphatic rings. The number of nitrogens with two attached hydrogens (primary N) is 1. The van der Waals surface area contributed by atoms with E-state index in [1.54, 1.807) is 0 Å². The second-order valence-corrected chi connectivity index (χ2v) is 6.43. The van der Waals surface area contributed by atoms with Gasteiger partial charge < -0.3 is 15.4 Å². The van der Waals surface area contributed by atoms with Gasteiger partial charge in [0.05, 0.1) is 0 Å². The fourth-order valence-corrected chi connectivity index (χ4v) is 3.19. The van der Waals surface area contributed by atoms with Crippen LogP contribution in [0, 0.1) is 5.41 Å². The molecule has 0 saturated carbocycles. The molecule has 0 atom stereocenters.